The van der Waals surface area contributed by atoms with E-state index in [-0.39, 0.29) is 17.5 Å². The molecule has 0 bridgehead atoms. The van der Waals surface area contributed by atoms with Gasteiger partial charge in [-0.25, -0.2) is 0 Å². The van der Waals surface area contributed by atoms with Crippen molar-refractivity contribution in [2.45, 2.75) is 39.3 Å². The third-order valence-electron chi connectivity index (χ3n) is 2.53. The van der Waals surface area contributed by atoms with Crippen LogP contribution in [0.1, 0.15) is 39.3 Å². The highest BCUT2D eigenvalue weighted by Gasteiger charge is 2.14. The Kier molecular flexibility index (Phi) is 5.35. The number of carbonyl (C=O) groups excluding carboxylic acids is 1. The van der Waals surface area contributed by atoms with Crippen LogP contribution in [-0.4, -0.2) is 18.0 Å². The molecule has 0 saturated heterocycles. The molecule has 0 aliphatic heterocycles. The predicted octanol–water partition coefficient (Wildman–Crippen LogP) is 3.01. The Labute approximate surface area is 117 Å². The molecule has 0 radical (unpaired) electrons. The first-order valence-electron chi connectivity index (χ1n) is 6.08. The third kappa shape index (κ3) is 5.19. The summed E-state index contributed by atoms with van der Waals surface area (Å²) in [5.74, 6) is 0.00757. The largest absolute Gasteiger partial charge is 0.348 e. The van der Waals surface area contributed by atoms with Gasteiger partial charge in [0.15, 0.2) is 0 Å². The Morgan fingerprint density at radius 2 is 1.94 bits per heavy atom. The number of nitrogens with one attached hydrogen (secondary N) is 2. The second-order valence-electron chi connectivity index (χ2n) is 5.41. The van der Waals surface area contributed by atoms with E-state index in [4.69, 9.17) is 0 Å². The third-order valence-corrected chi connectivity index (χ3v) is 3.25. The molecule has 0 spiro atoms. The van der Waals surface area contributed by atoms with Crippen LogP contribution in [0.3, 0.4) is 0 Å². The van der Waals surface area contributed by atoms with Gasteiger partial charge in [-0.2, -0.15) is 0 Å². The number of hydrogen-bond donors (Lipinski definition) is 2. The minimum Gasteiger partial charge on any atom is -0.348 e. The van der Waals surface area contributed by atoms with Crippen LogP contribution in [0, 0.1) is 0 Å². The molecule has 1 aromatic rings. The van der Waals surface area contributed by atoms with Gasteiger partial charge in [-0.15, -0.1) is 0 Å². The Morgan fingerprint density at radius 3 is 2.50 bits per heavy atom. The summed E-state index contributed by atoms with van der Waals surface area (Å²) >= 11 is 3.49. The zero-order chi connectivity index (χ0) is 13.8. The zero-order valence-electron chi connectivity index (χ0n) is 11.4. The highest BCUT2D eigenvalue weighted by molar-refractivity contribution is 9.10. The SMILES string of the molecule is C[C@@H](NC(=O)CNC(C)(C)C)c1ccccc1Br. The molecule has 2 N–H and O–H groups in total. The van der Waals surface area contributed by atoms with Crippen LogP contribution in [0.25, 0.3) is 0 Å². The van der Waals surface area contributed by atoms with Crippen molar-refractivity contribution in [2.24, 2.45) is 0 Å². The zero-order valence-corrected chi connectivity index (χ0v) is 13.0. The van der Waals surface area contributed by atoms with Gasteiger partial charge in [0.1, 0.15) is 0 Å². The topological polar surface area (TPSA) is 41.1 Å². The molecule has 100 valence electrons. The Balaban J connectivity index is 2.53. The van der Waals surface area contributed by atoms with Crippen molar-refractivity contribution in [1.29, 1.82) is 0 Å². The second-order valence-corrected chi connectivity index (χ2v) is 6.27. The summed E-state index contributed by atoms with van der Waals surface area (Å²) in [6.45, 7) is 8.43. The van der Waals surface area contributed by atoms with E-state index in [0.29, 0.717) is 6.54 Å². The quantitative estimate of drug-likeness (QED) is 0.897. The van der Waals surface area contributed by atoms with Crippen molar-refractivity contribution in [3.63, 3.8) is 0 Å². The smallest absolute Gasteiger partial charge is 0.234 e. The molecule has 0 fully saturated rings. The molecule has 1 atom stereocenters. The van der Waals surface area contributed by atoms with Gasteiger partial charge in [0.2, 0.25) is 5.91 Å². The number of carbonyl (C=O) groups is 1. The first-order valence-corrected chi connectivity index (χ1v) is 6.88. The fraction of sp³-hybridized carbons (Fsp3) is 0.500. The van der Waals surface area contributed by atoms with Crippen molar-refractivity contribution in [3.8, 4) is 0 Å². The van der Waals surface area contributed by atoms with Crippen LogP contribution >= 0.6 is 15.9 Å². The number of amides is 1. The van der Waals surface area contributed by atoms with E-state index < -0.39 is 0 Å². The molecule has 0 saturated carbocycles. The molecule has 0 unspecified atom stereocenters. The number of rotatable bonds is 4. The van der Waals surface area contributed by atoms with Gasteiger partial charge in [-0.05, 0) is 39.3 Å². The number of halogens is 1. The molecular formula is C14H21BrN2O. The summed E-state index contributed by atoms with van der Waals surface area (Å²) in [6.07, 6.45) is 0. The Hall–Kier alpha value is -0.870. The molecule has 4 heteroatoms. The summed E-state index contributed by atoms with van der Waals surface area (Å²) in [5.41, 5.74) is 1.04. The van der Waals surface area contributed by atoms with E-state index in [2.05, 4.69) is 26.6 Å². The van der Waals surface area contributed by atoms with Crippen molar-refractivity contribution in [2.75, 3.05) is 6.54 Å². The van der Waals surface area contributed by atoms with E-state index in [1.807, 2.05) is 52.0 Å². The highest BCUT2D eigenvalue weighted by Crippen LogP contribution is 2.22. The van der Waals surface area contributed by atoms with Crippen molar-refractivity contribution >= 4 is 21.8 Å². The summed E-state index contributed by atoms with van der Waals surface area (Å²) in [4.78, 5) is 11.8. The molecule has 0 aliphatic rings. The van der Waals surface area contributed by atoms with Crippen LogP contribution in [0.15, 0.2) is 28.7 Å². The van der Waals surface area contributed by atoms with Gasteiger partial charge in [0.05, 0.1) is 12.6 Å². The first kappa shape index (κ1) is 15.2. The first-order chi connectivity index (χ1) is 8.29. The molecule has 18 heavy (non-hydrogen) atoms. The van der Waals surface area contributed by atoms with Gasteiger partial charge in [0, 0.05) is 10.0 Å². The van der Waals surface area contributed by atoms with E-state index in [1.165, 1.54) is 0 Å². The lowest BCUT2D eigenvalue weighted by atomic mass is 10.1. The van der Waals surface area contributed by atoms with Crippen LogP contribution in [0.4, 0.5) is 0 Å². The minimum absolute atomic E-state index is 0.00477. The van der Waals surface area contributed by atoms with Crippen LogP contribution in [-0.2, 0) is 4.79 Å². The molecule has 0 aliphatic carbocycles. The average Bonchev–Trinajstić information content (AvgIpc) is 2.26. The average molecular weight is 313 g/mol. The molecule has 1 rings (SSSR count). The fourth-order valence-corrected chi connectivity index (χ4v) is 2.17. The summed E-state index contributed by atoms with van der Waals surface area (Å²) < 4.78 is 1.02. The van der Waals surface area contributed by atoms with Gasteiger partial charge in [-0.3, -0.25) is 4.79 Å². The van der Waals surface area contributed by atoms with E-state index in [9.17, 15) is 4.79 Å². The lowest BCUT2D eigenvalue weighted by Crippen LogP contribution is -2.43. The summed E-state index contributed by atoms with van der Waals surface area (Å²) in [5, 5.41) is 6.15. The molecular weight excluding hydrogens is 292 g/mol. The highest BCUT2D eigenvalue weighted by atomic mass is 79.9. The van der Waals surface area contributed by atoms with Crippen LogP contribution in [0.2, 0.25) is 0 Å². The minimum atomic E-state index is -0.0477. The maximum Gasteiger partial charge on any atom is 0.234 e. The summed E-state index contributed by atoms with van der Waals surface area (Å²) in [6, 6.07) is 7.91. The van der Waals surface area contributed by atoms with Crippen molar-refractivity contribution < 1.29 is 4.79 Å². The lowest BCUT2D eigenvalue weighted by Gasteiger charge is -2.21. The fourth-order valence-electron chi connectivity index (χ4n) is 1.54. The number of hydrogen-bond acceptors (Lipinski definition) is 2. The molecule has 3 nitrogen and oxygen atoms in total. The molecule has 0 heterocycles. The van der Waals surface area contributed by atoms with E-state index >= 15 is 0 Å². The summed E-state index contributed by atoms with van der Waals surface area (Å²) in [7, 11) is 0. The van der Waals surface area contributed by atoms with Crippen LogP contribution in [0.5, 0.6) is 0 Å². The maximum absolute atomic E-state index is 11.8. The van der Waals surface area contributed by atoms with Crippen molar-refractivity contribution in [1.82, 2.24) is 10.6 Å². The predicted molar refractivity (Wildman–Crippen MR) is 78.5 cm³/mol. The second kappa shape index (κ2) is 6.34. The van der Waals surface area contributed by atoms with Crippen LogP contribution < -0.4 is 10.6 Å². The van der Waals surface area contributed by atoms with Gasteiger partial charge < -0.3 is 10.6 Å². The van der Waals surface area contributed by atoms with E-state index in [1.54, 1.807) is 0 Å². The van der Waals surface area contributed by atoms with Gasteiger partial charge in [-0.1, -0.05) is 34.1 Å². The molecule has 0 aromatic heterocycles. The maximum atomic E-state index is 11.8. The Bertz CT molecular complexity index is 413. The Morgan fingerprint density at radius 1 is 1.33 bits per heavy atom. The normalized spacial score (nSPS) is 13.2. The monoisotopic (exact) mass is 312 g/mol. The van der Waals surface area contributed by atoms with E-state index in [0.717, 1.165) is 10.0 Å². The van der Waals surface area contributed by atoms with Gasteiger partial charge >= 0.3 is 0 Å². The molecule has 1 amide bonds. The van der Waals surface area contributed by atoms with Gasteiger partial charge in [0.25, 0.3) is 0 Å². The lowest BCUT2D eigenvalue weighted by molar-refractivity contribution is -0.121. The van der Waals surface area contributed by atoms with Crippen molar-refractivity contribution in [3.05, 3.63) is 34.3 Å². The molecule has 1 aromatic carbocycles. The number of benzene rings is 1. The standard InChI is InChI=1S/C14H21BrN2O/c1-10(11-7-5-6-8-12(11)15)17-13(18)9-16-14(2,3)4/h5-8,10,16H,9H2,1-4H3,(H,17,18)/t10-/m1/s1.